The van der Waals surface area contributed by atoms with Gasteiger partial charge in [0.2, 0.25) is 5.88 Å². The summed E-state index contributed by atoms with van der Waals surface area (Å²) in [7, 11) is 0. The van der Waals surface area contributed by atoms with Gasteiger partial charge < -0.3 is 10.5 Å². The van der Waals surface area contributed by atoms with Gasteiger partial charge in [0, 0.05) is 23.9 Å². The zero-order valence-corrected chi connectivity index (χ0v) is 12.9. The number of halogens is 2. The van der Waals surface area contributed by atoms with E-state index in [0.29, 0.717) is 16.1 Å². The highest BCUT2D eigenvalue weighted by molar-refractivity contribution is 9.10. The Hall–Kier alpha value is -1.46. The first-order chi connectivity index (χ1) is 9.45. The maximum atomic E-state index is 13.4. The second-order valence-electron chi connectivity index (χ2n) is 4.83. The molecule has 0 aliphatic heterocycles. The van der Waals surface area contributed by atoms with Crippen LogP contribution >= 0.6 is 15.9 Å². The minimum atomic E-state index is -0.367. The van der Waals surface area contributed by atoms with Crippen molar-refractivity contribution < 1.29 is 9.13 Å². The van der Waals surface area contributed by atoms with Crippen molar-refractivity contribution in [3.8, 4) is 11.6 Å². The van der Waals surface area contributed by atoms with Crippen molar-refractivity contribution in [1.29, 1.82) is 0 Å². The fraction of sp³-hybridized carbons (Fsp3) is 0.267. The lowest BCUT2D eigenvalue weighted by Gasteiger charge is -2.10. The molecule has 0 amide bonds. The highest BCUT2D eigenvalue weighted by atomic mass is 79.9. The molecular weight excluding hydrogens is 323 g/mol. The van der Waals surface area contributed by atoms with Gasteiger partial charge in [-0.3, -0.25) is 0 Å². The molecule has 5 heteroatoms. The average Bonchev–Trinajstić information content (AvgIpc) is 2.36. The van der Waals surface area contributed by atoms with Gasteiger partial charge in [-0.1, -0.05) is 0 Å². The van der Waals surface area contributed by atoms with Crippen molar-refractivity contribution in [1.82, 2.24) is 4.98 Å². The first-order valence-electron chi connectivity index (χ1n) is 6.29. The lowest BCUT2D eigenvalue weighted by molar-refractivity contribution is 0.453. The van der Waals surface area contributed by atoms with Crippen molar-refractivity contribution in [3.63, 3.8) is 0 Å². The summed E-state index contributed by atoms with van der Waals surface area (Å²) in [5.74, 6) is 0.523. The van der Waals surface area contributed by atoms with Crippen molar-refractivity contribution >= 4 is 15.9 Å². The van der Waals surface area contributed by atoms with Crippen LogP contribution in [0.4, 0.5) is 4.39 Å². The van der Waals surface area contributed by atoms with E-state index >= 15 is 0 Å². The number of nitrogens with two attached hydrogens (primary N) is 1. The van der Waals surface area contributed by atoms with E-state index < -0.39 is 0 Å². The second kappa shape index (κ2) is 6.33. The van der Waals surface area contributed by atoms with Crippen LogP contribution in [0.15, 0.2) is 34.9 Å². The molecule has 0 aliphatic carbocycles. The van der Waals surface area contributed by atoms with Gasteiger partial charge in [0.1, 0.15) is 11.6 Å². The van der Waals surface area contributed by atoms with Crippen molar-refractivity contribution in [3.05, 3.63) is 51.9 Å². The summed E-state index contributed by atoms with van der Waals surface area (Å²) in [5, 5.41) is 0. The topological polar surface area (TPSA) is 48.1 Å². The predicted octanol–water partition coefficient (Wildman–Crippen LogP) is 3.97. The summed E-state index contributed by atoms with van der Waals surface area (Å²) in [5.41, 5.74) is 7.72. The third kappa shape index (κ3) is 3.77. The van der Waals surface area contributed by atoms with Gasteiger partial charge in [-0.05, 0) is 60.0 Å². The zero-order chi connectivity index (χ0) is 14.7. The number of nitrogens with zero attached hydrogens (tertiary/aromatic N) is 1. The minimum absolute atomic E-state index is 0.0866. The molecular formula is C15H16BrFN2O. The van der Waals surface area contributed by atoms with Crippen LogP contribution in [0.3, 0.4) is 0 Å². The first kappa shape index (κ1) is 14.9. The molecule has 1 aromatic carbocycles. The Morgan fingerprint density at radius 2 is 2.15 bits per heavy atom. The largest absolute Gasteiger partial charge is 0.439 e. The van der Waals surface area contributed by atoms with E-state index in [0.717, 1.165) is 17.5 Å². The molecule has 0 spiro atoms. The number of hydrogen-bond donors (Lipinski definition) is 1. The first-order valence-corrected chi connectivity index (χ1v) is 7.09. The van der Waals surface area contributed by atoms with Gasteiger partial charge in [0.05, 0.1) is 4.47 Å². The highest BCUT2D eigenvalue weighted by Gasteiger charge is 2.08. The SMILES string of the molecule is Cc1cc(CC(C)N)cnc1Oc1ccc(Br)c(F)c1. The number of hydrogen-bond acceptors (Lipinski definition) is 3. The fourth-order valence-corrected chi connectivity index (χ4v) is 2.11. The lowest BCUT2D eigenvalue weighted by atomic mass is 10.1. The number of ether oxygens (including phenoxy) is 1. The molecule has 2 aromatic rings. The molecule has 0 bridgehead atoms. The molecule has 106 valence electrons. The molecule has 20 heavy (non-hydrogen) atoms. The van der Waals surface area contributed by atoms with Crippen LogP contribution in [0.5, 0.6) is 11.6 Å². The Balaban J connectivity index is 2.19. The number of aromatic nitrogens is 1. The van der Waals surface area contributed by atoms with Crippen LogP contribution in [-0.2, 0) is 6.42 Å². The molecule has 1 heterocycles. The summed E-state index contributed by atoms with van der Waals surface area (Å²) >= 11 is 3.10. The van der Waals surface area contributed by atoms with E-state index in [2.05, 4.69) is 20.9 Å². The van der Waals surface area contributed by atoms with Gasteiger partial charge in [0.15, 0.2) is 0 Å². The molecule has 1 aromatic heterocycles. The Kier molecular flexibility index (Phi) is 4.73. The van der Waals surface area contributed by atoms with Crippen LogP contribution in [0, 0.1) is 12.7 Å². The maximum absolute atomic E-state index is 13.4. The summed E-state index contributed by atoms with van der Waals surface area (Å²) < 4.78 is 19.4. The van der Waals surface area contributed by atoms with Crippen molar-refractivity contribution in [2.45, 2.75) is 26.3 Å². The second-order valence-corrected chi connectivity index (χ2v) is 5.68. The maximum Gasteiger partial charge on any atom is 0.222 e. The summed E-state index contributed by atoms with van der Waals surface area (Å²) in [6.45, 7) is 3.85. The van der Waals surface area contributed by atoms with Crippen LogP contribution in [0.25, 0.3) is 0 Å². The van der Waals surface area contributed by atoms with Gasteiger partial charge in [-0.25, -0.2) is 9.37 Å². The number of pyridine rings is 1. The van der Waals surface area contributed by atoms with Gasteiger partial charge in [0.25, 0.3) is 0 Å². The highest BCUT2D eigenvalue weighted by Crippen LogP contribution is 2.26. The van der Waals surface area contributed by atoms with Crippen LogP contribution < -0.4 is 10.5 Å². The molecule has 0 saturated heterocycles. The van der Waals surface area contributed by atoms with E-state index in [1.54, 1.807) is 18.3 Å². The van der Waals surface area contributed by atoms with E-state index in [-0.39, 0.29) is 11.9 Å². The fourth-order valence-electron chi connectivity index (χ4n) is 1.86. The van der Waals surface area contributed by atoms with Crippen molar-refractivity contribution in [2.75, 3.05) is 0 Å². The molecule has 3 nitrogen and oxygen atoms in total. The number of benzene rings is 1. The molecule has 2 rings (SSSR count). The number of rotatable bonds is 4. The number of aryl methyl sites for hydroxylation is 1. The van der Waals surface area contributed by atoms with Crippen LogP contribution in [0.2, 0.25) is 0 Å². The molecule has 2 N–H and O–H groups in total. The van der Waals surface area contributed by atoms with Gasteiger partial charge in [-0.15, -0.1) is 0 Å². The lowest BCUT2D eigenvalue weighted by Crippen LogP contribution is -2.17. The Morgan fingerprint density at radius 1 is 1.40 bits per heavy atom. The predicted molar refractivity (Wildman–Crippen MR) is 80.5 cm³/mol. The molecule has 0 fully saturated rings. The van der Waals surface area contributed by atoms with E-state index in [1.807, 2.05) is 19.9 Å². The van der Waals surface area contributed by atoms with Crippen molar-refractivity contribution in [2.24, 2.45) is 5.73 Å². The zero-order valence-electron chi connectivity index (χ0n) is 11.4. The molecule has 1 unspecified atom stereocenters. The third-order valence-corrected chi connectivity index (χ3v) is 3.39. The standard InChI is InChI=1S/C15H16BrFN2O/c1-9-5-11(6-10(2)18)8-19-15(9)20-12-3-4-13(16)14(17)7-12/h3-5,7-8,10H,6,18H2,1-2H3. The monoisotopic (exact) mass is 338 g/mol. The molecule has 0 saturated carbocycles. The van der Waals surface area contributed by atoms with Crippen LogP contribution in [0.1, 0.15) is 18.1 Å². The summed E-state index contributed by atoms with van der Waals surface area (Å²) in [6, 6.07) is 6.68. The third-order valence-electron chi connectivity index (χ3n) is 2.75. The minimum Gasteiger partial charge on any atom is -0.439 e. The summed E-state index contributed by atoms with van der Waals surface area (Å²) in [6.07, 6.45) is 2.50. The average molecular weight is 339 g/mol. The van der Waals surface area contributed by atoms with Crippen LogP contribution in [-0.4, -0.2) is 11.0 Å². The Labute approximate surface area is 126 Å². The van der Waals surface area contributed by atoms with E-state index in [4.69, 9.17) is 10.5 Å². The normalized spacial score (nSPS) is 12.2. The van der Waals surface area contributed by atoms with E-state index in [9.17, 15) is 4.39 Å². The molecule has 0 aliphatic rings. The molecule has 0 radical (unpaired) electrons. The van der Waals surface area contributed by atoms with Gasteiger partial charge in [-0.2, -0.15) is 0 Å². The molecule has 1 atom stereocenters. The quantitative estimate of drug-likeness (QED) is 0.917. The smallest absolute Gasteiger partial charge is 0.222 e. The Morgan fingerprint density at radius 3 is 2.75 bits per heavy atom. The van der Waals surface area contributed by atoms with E-state index in [1.165, 1.54) is 6.07 Å². The Bertz CT molecular complexity index is 617. The summed E-state index contributed by atoms with van der Waals surface area (Å²) in [4.78, 5) is 4.27. The van der Waals surface area contributed by atoms with Gasteiger partial charge >= 0.3 is 0 Å².